The summed E-state index contributed by atoms with van der Waals surface area (Å²) in [5.74, 6) is 2.55. The van der Waals surface area contributed by atoms with Gasteiger partial charge in [0.1, 0.15) is 5.78 Å². The molecule has 18 heavy (non-hydrogen) atoms. The highest BCUT2D eigenvalue weighted by atomic mass is 16.5. The third-order valence-corrected chi connectivity index (χ3v) is 3.69. The van der Waals surface area contributed by atoms with Gasteiger partial charge < -0.3 is 4.52 Å². The number of carbonyl (C=O) groups is 1. The zero-order valence-corrected chi connectivity index (χ0v) is 11.7. The van der Waals surface area contributed by atoms with E-state index in [4.69, 9.17) is 4.52 Å². The molecule has 0 radical (unpaired) electrons. The van der Waals surface area contributed by atoms with Gasteiger partial charge in [0.25, 0.3) is 0 Å². The van der Waals surface area contributed by atoms with Crippen molar-refractivity contribution < 1.29 is 9.32 Å². The summed E-state index contributed by atoms with van der Waals surface area (Å²) in [6.45, 7) is 7.98. The molecule has 4 nitrogen and oxygen atoms in total. The van der Waals surface area contributed by atoms with Crippen molar-refractivity contribution >= 4 is 5.78 Å². The van der Waals surface area contributed by atoms with Gasteiger partial charge in [-0.25, -0.2) is 0 Å². The van der Waals surface area contributed by atoms with Gasteiger partial charge >= 0.3 is 0 Å². The lowest BCUT2D eigenvalue weighted by Crippen LogP contribution is -2.22. The van der Waals surface area contributed by atoms with Crippen LogP contribution >= 0.6 is 0 Å². The van der Waals surface area contributed by atoms with Crippen molar-refractivity contribution in [3.05, 3.63) is 11.7 Å². The Morgan fingerprint density at radius 1 is 1.39 bits per heavy atom. The molecule has 2 atom stereocenters. The number of Topliss-reactive ketones (excluding diaryl/α,β-unsaturated/α-hetero) is 1. The minimum atomic E-state index is -0.351. The third kappa shape index (κ3) is 2.98. The van der Waals surface area contributed by atoms with Gasteiger partial charge in [-0.2, -0.15) is 4.98 Å². The molecule has 0 aliphatic heterocycles. The molecular weight excluding hydrogens is 228 g/mol. The van der Waals surface area contributed by atoms with Crippen molar-refractivity contribution in [3.63, 3.8) is 0 Å². The smallest absolute Gasteiger partial charge is 0.234 e. The Bertz CT molecular complexity index is 431. The maximum absolute atomic E-state index is 11.9. The lowest BCUT2D eigenvalue weighted by atomic mass is 9.89. The second-order valence-corrected chi connectivity index (χ2v) is 6.51. The third-order valence-electron chi connectivity index (χ3n) is 3.69. The van der Waals surface area contributed by atoms with Crippen LogP contribution in [0.2, 0.25) is 0 Å². The van der Waals surface area contributed by atoms with Crippen LogP contribution in [0.3, 0.4) is 0 Å². The quantitative estimate of drug-likeness (QED) is 0.827. The molecule has 1 aliphatic carbocycles. The fraction of sp³-hybridized carbons (Fsp3) is 0.786. The average Bonchev–Trinajstić information content (AvgIpc) is 2.85. The van der Waals surface area contributed by atoms with Crippen LogP contribution in [0.1, 0.15) is 64.6 Å². The fourth-order valence-corrected chi connectivity index (χ4v) is 2.35. The second kappa shape index (κ2) is 4.82. The maximum atomic E-state index is 11.9. The summed E-state index contributed by atoms with van der Waals surface area (Å²) in [6.07, 6.45) is 3.74. The van der Waals surface area contributed by atoms with E-state index in [1.807, 2.05) is 20.8 Å². The first kappa shape index (κ1) is 13.2. The summed E-state index contributed by atoms with van der Waals surface area (Å²) in [5, 5.41) is 4.03. The van der Waals surface area contributed by atoms with Crippen molar-refractivity contribution in [2.45, 2.75) is 59.3 Å². The van der Waals surface area contributed by atoms with Gasteiger partial charge in [0.15, 0.2) is 5.82 Å². The number of ketones is 1. The van der Waals surface area contributed by atoms with E-state index in [1.54, 1.807) is 0 Å². The molecule has 1 heterocycles. The number of hydrogen-bond acceptors (Lipinski definition) is 4. The Balaban J connectivity index is 2.00. The van der Waals surface area contributed by atoms with E-state index in [2.05, 4.69) is 17.1 Å². The molecule has 0 N–H and O–H groups in total. The molecule has 2 unspecified atom stereocenters. The van der Waals surface area contributed by atoms with E-state index in [0.717, 1.165) is 24.6 Å². The molecule has 0 spiro atoms. The normalized spacial score (nSPS) is 24.4. The number of hydrogen-bond donors (Lipinski definition) is 0. The van der Waals surface area contributed by atoms with Crippen LogP contribution in [0.15, 0.2) is 4.52 Å². The SMILES string of the molecule is CC1CCC(c2noc(CC(=O)C(C)(C)C)n2)C1. The van der Waals surface area contributed by atoms with Crippen LogP contribution in [-0.4, -0.2) is 15.9 Å². The van der Waals surface area contributed by atoms with Crippen molar-refractivity contribution in [1.29, 1.82) is 0 Å². The van der Waals surface area contributed by atoms with E-state index in [9.17, 15) is 4.79 Å². The molecule has 0 saturated heterocycles. The fourth-order valence-electron chi connectivity index (χ4n) is 2.35. The second-order valence-electron chi connectivity index (χ2n) is 6.51. The Kier molecular flexibility index (Phi) is 3.55. The first-order valence-corrected chi connectivity index (χ1v) is 6.72. The van der Waals surface area contributed by atoms with Crippen LogP contribution < -0.4 is 0 Å². The summed E-state index contributed by atoms with van der Waals surface area (Å²) in [6, 6.07) is 0. The van der Waals surface area contributed by atoms with E-state index >= 15 is 0 Å². The number of carbonyl (C=O) groups excluding carboxylic acids is 1. The summed E-state index contributed by atoms with van der Waals surface area (Å²) < 4.78 is 5.20. The monoisotopic (exact) mass is 250 g/mol. The van der Waals surface area contributed by atoms with E-state index in [1.165, 1.54) is 6.42 Å². The standard InChI is InChI=1S/C14H22N2O2/c1-9-5-6-10(7-9)13-15-12(18-16-13)8-11(17)14(2,3)4/h9-10H,5-8H2,1-4H3. The summed E-state index contributed by atoms with van der Waals surface area (Å²) >= 11 is 0. The maximum Gasteiger partial charge on any atom is 0.234 e. The number of aromatic nitrogens is 2. The molecule has 1 aromatic heterocycles. The molecular formula is C14H22N2O2. The highest BCUT2D eigenvalue weighted by molar-refractivity contribution is 5.84. The van der Waals surface area contributed by atoms with Crippen molar-refractivity contribution in [3.8, 4) is 0 Å². The summed E-state index contributed by atoms with van der Waals surface area (Å²) in [5.41, 5.74) is -0.351. The molecule has 1 aliphatic rings. The van der Waals surface area contributed by atoms with Gasteiger partial charge in [0.05, 0.1) is 6.42 Å². The average molecular weight is 250 g/mol. The van der Waals surface area contributed by atoms with Crippen molar-refractivity contribution in [2.75, 3.05) is 0 Å². The molecule has 1 fully saturated rings. The van der Waals surface area contributed by atoms with Gasteiger partial charge in [-0.15, -0.1) is 0 Å². The van der Waals surface area contributed by atoms with Gasteiger partial charge in [-0.05, 0) is 25.2 Å². The zero-order valence-electron chi connectivity index (χ0n) is 11.7. The lowest BCUT2D eigenvalue weighted by Gasteiger charge is -2.14. The van der Waals surface area contributed by atoms with Gasteiger partial charge in [0.2, 0.25) is 5.89 Å². The zero-order chi connectivity index (χ0) is 13.3. The van der Waals surface area contributed by atoms with E-state index in [0.29, 0.717) is 11.8 Å². The predicted octanol–water partition coefficient (Wildman–Crippen LogP) is 3.13. The van der Waals surface area contributed by atoms with Gasteiger partial charge in [0, 0.05) is 11.3 Å². The molecule has 4 heteroatoms. The van der Waals surface area contributed by atoms with Gasteiger partial charge in [-0.1, -0.05) is 32.9 Å². The van der Waals surface area contributed by atoms with Crippen molar-refractivity contribution in [2.24, 2.45) is 11.3 Å². The first-order chi connectivity index (χ1) is 8.36. The predicted molar refractivity (Wildman–Crippen MR) is 68.2 cm³/mol. The largest absolute Gasteiger partial charge is 0.339 e. The van der Waals surface area contributed by atoms with Crippen LogP contribution in [0.4, 0.5) is 0 Å². The Hall–Kier alpha value is -1.19. The Morgan fingerprint density at radius 2 is 2.11 bits per heavy atom. The minimum absolute atomic E-state index is 0.137. The molecule has 100 valence electrons. The minimum Gasteiger partial charge on any atom is -0.339 e. The van der Waals surface area contributed by atoms with Crippen LogP contribution in [0.25, 0.3) is 0 Å². The van der Waals surface area contributed by atoms with Crippen LogP contribution in [0, 0.1) is 11.3 Å². The first-order valence-electron chi connectivity index (χ1n) is 6.72. The van der Waals surface area contributed by atoms with Crippen molar-refractivity contribution in [1.82, 2.24) is 10.1 Å². The topological polar surface area (TPSA) is 56.0 Å². The molecule has 0 aromatic carbocycles. The lowest BCUT2D eigenvalue weighted by molar-refractivity contribution is -0.125. The number of nitrogens with zero attached hydrogens (tertiary/aromatic N) is 2. The molecule has 1 aromatic rings. The summed E-state index contributed by atoms with van der Waals surface area (Å²) in [7, 11) is 0. The van der Waals surface area contributed by atoms with Crippen LogP contribution in [-0.2, 0) is 11.2 Å². The van der Waals surface area contributed by atoms with E-state index < -0.39 is 0 Å². The van der Waals surface area contributed by atoms with E-state index in [-0.39, 0.29) is 17.6 Å². The highest BCUT2D eigenvalue weighted by Crippen LogP contribution is 2.36. The van der Waals surface area contributed by atoms with Gasteiger partial charge in [-0.3, -0.25) is 4.79 Å². The summed E-state index contributed by atoms with van der Waals surface area (Å²) in [4.78, 5) is 16.3. The Labute approximate surface area is 108 Å². The number of rotatable bonds is 3. The molecule has 1 saturated carbocycles. The molecule has 0 amide bonds. The molecule has 0 bridgehead atoms. The highest BCUT2D eigenvalue weighted by Gasteiger charge is 2.28. The van der Waals surface area contributed by atoms with Crippen LogP contribution in [0.5, 0.6) is 0 Å². The molecule has 2 rings (SSSR count). The Morgan fingerprint density at radius 3 is 2.67 bits per heavy atom.